The van der Waals surface area contributed by atoms with Crippen molar-refractivity contribution in [1.82, 2.24) is 10.3 Å². The Labute approximate surface area is 96.1 Å². The van der Waals surface area contributed by atoms with E-state index in [-0.39, 0.29) is 12.3 Å². The molecule has 1 aliphatic heterocycles. The van der Waals surface area contributed by atoms with Crippen LogP contribution in [0.3, 0.4) is 0 Å². The van der Waals surface area contributed by atoms with Crippen molar-refractivity contribution in [2.24, 2.45) is 11.0 Å². The topological polar surface area (TPSA) is 68.5 Å². The van der Waals surface area contributed by atoms with E-state index in [2.05, 4.69) is 36.3 Å². The van der Waals surface area contributed by atoms with Crippen LogP contribution in [-0.2, 0) is 4.79 Å². The van der Waals surface area contributed by atoms with Gasteiger partial charge in [0.15, 0.2) is 0 Å². The number of piperidine rings is 1. The fourth-order valence-corrected chi connectivity index (χ4v) is 1.78. The van der Waals surface area contributed by atoms with Gasteiger partial charge < -0.3 is 4.90 Å². The quantitative estimate of drug-likeness (QED) is 0.700. The Bertz CT molecular complexity index is 331. The van der Waals surface area contributed by atoms with E-state index >= 15 is 0 Å². The number of amides is 1. The molecule has 0 aromatic heterocycles. The predicted octanol–water partition coefficient (Wildman–Crippen LogP) is 0.732. The van der Waals surface area contributed by atoms with E-state index < -0.39 is 0 Å². The van der Waals surface area contributed by atoms with E-state index in [9.17, 15) is 4.79 Å². The zero-order valence-corrected chi connectivity index (χ0v) is 10.0. The van der Waals surface area contributed by atoms with Gasteiger partial charge in [-0.3, -0.25) is 4.79 Å². The van der Waals surface area contributed by atoms with Gasteiger partial charge in [0, 0.05) is 30.6 Å². The molecule has 88 valence electrons. The number of rotatable bonds is 2. The number of nitriles is 1. The highest BCUT2D eigenvalue weighted by Gasteiger charge is 2.25. The first-order chi connectivity index (χ1) is 7.54. The van der Waals surface area contributed by atoms with Crippen LogP contribution in [0.5, 0.6) is 0 Å². The molecule has 1 aliphatic rings. The maximum atomic E-state index is 11.1. The summed E-state index contributed by atoms with van der Waals surface area (Å²) in [6.07, 6.45) is 0.727. The van der Waals surface area contributed by atoms with Crippen molar-refractivity contribution in [3.8, 4) is 6.07 Å². The van der Waals surface area contributed by atoms with Crippen molar-refractivity contribution in [2.45, 2.75) is 32.7 Å². The molecule has 1 amide bonds. The molecule has 1 saturated heterocycles. The van der Waals surface area contributed by atoms with Gasteiger partial charge in [0.1, 0.15) is 6.42 Å². The van der Waals surface area contributed by atoms with Crippen molar-refractivity contribution in [3.63, 3.8) is 0 Å². The summed E-state index contributed by atoms with van der Waals surface area (Å²) in [5.41, 5.74) is 3.44. The molecule has 1 fully saturated rings. The van der Waals surface area contributed by atoms with Crippen LogP contribution >= 0.6 is 0 Å². The zero-order chi connectivity index (χ0) is 12.1. The normalized spacial score (nSPS) is 28.8. The monoisotopic (exact) mass is 222 g/mol. The standard InChI is InChI=1S/C11H18N4O/c1-8-7-15(3)9(2)6-10(8)13-14-11(16)4-5-12/h8-9H,4,6-7H2,1-3H3,(H,14,16)/b13-10-/t8-,9+/m1/s1. The fourth-order valence-electron chi connectivity index (χ4n) is 1.78. The van der Waals surface area contributed by atoms with Crippen LogP contribution in [0, 0.1) is 17.2 Å². The number of hydrogen-bond donors (Lipinski definition) is 1. The molecular weight excluding hydrogens is 204 g/mol. The summed E-state index contributed by atoms with van der Waals surface area (Å²) in [6.45, 7) is 5.18. The Balaban J connectivity index is 2.56. The molecule has 16 heavy (non-hydrogen) atoms. The van der Waals surface area contributed by atoms with Crippen molar-refractivity contribution in [1.29, 1.82) is 5.26 Å². The van der Waals surface area contributed by atoms with E-state index in [0.29, 0.717) is 12.0 Å². The molecule has 5 nitrogen and oxygen atoms in total. The molecule has 0 aromatic carbocycles. The average Bonchev–Trinajstić information content (AvgIpc) is 2.22. The van der Waals surface area contributed by atoms with Crippen LogP contribution in [0.2, 0.25) is 0 Å². The molecule has 0 aromatic rings. The third-order valence-corrected chi connectivity index (χ3v) is 2.95. The molecule has 0 radical (unpaired) electrons. The Morgan fingerprint density at radius 1 is 1.69 bits per heavy atom. The lowest BCUT2D eigenvalue weighted by Gasteiger charge is -2.34. The van der Waals surface area contributed by atoms with Gasteiger partial charge in [0.05, 0.1) is 6.07 Å². The van der Waals surface area contributed by atoms with Gasteiger partial charge in [-0.1, -0.05) is 6.92 Å². The van der Waals surface area contributed by atoms with E-state index in [1.807, 2.05) is 0 Å². The molecule has 2 atom stereocenters. The van der Waals surface area contributed by atoms with Crippen LogP contribution in [0.15, 0.2) is 5.10 Å². The average molecular weight is 222 g/mol. The number of hydrogen-bond acceptors (Lipinski definition) is 4. The lowest BCUT2D eigenvalue weighted by Crippen LogP contribution is -2.43. The number of nitrogens with one attached hydrogen (secondary N) is 1. The van der Waals surface area contributed by atoms with Crippen molar-refractivity contribution < 1.29 is 4.79 Å². The van der Waals surface area contributed by atoms with Gasteiger partial charge in [-0.05, 0) is 14.0 Å². The minimum absolute atomic E-state index is 0.138. The Hall–Kier alpha value is -1.41. The van der Waals surface area contributed by atoms with Gasteiger partial charge in [-0.15, -0.1) is 0 Å². The second kappa shape index (κ2) is 5.61. The largest absolute Gasteiger partial charge is 0.303 e. The number of nitrogens with zero attached hydrogens (tertiary/aromatic N) is 3. The molecule has 5 heteroatoms. The molecule has 1 N–H and O–H groups in total. The third kappa shape index (κ3) is 3.31. The highest BCUT2D eigenvalue weighted by atomic mass is 16.2. The number of likely N-dealkylation sites (tertiary alicyclic amines) is 1. The van der Waals surface area contributed by atoms with Crippen LogP contribution in [0.25, 0.3) is 0 Å². The van der Waals surface area contributed by atoms with E-state index in [1.165, 1.54) is 0 Å². The van der Waals surface area contributed by atoms with Gasteiger partial charge in [-0.25, -0.2) is 5.43 Å². The van der Waals surface area contributed by atoms with E-state index in [4.69, 9.17) is 5.26 Å². The molecule has 0 unspecified atom stereocenters. The predicted molar refractivity (Wildman–Crippen MR) is 61.7 cm³/mol. The van der Waals surface area contributed by atoms with Crippen LogP contribution in [-0.4, -0.2) is 36.2 Å². The lowest BCUT2D eigenvalue weighted by atomic mass is 9.93. The molecular formula is C11H18N4O. The summed E-state index contributed by atoms with van der Waals surface area (Å²) in [4.78, 5) is 13.4. The summed E-state index contributed by atoms with van der Waals surface area (Å²) in [5, 5.41) is 12.4. The number of hydrazone groups is 1. The third-order valence-electron chi connectivity index (χ3n) is 2.95. The summed E-state index contributed by atoms with van der Waals surface area (Å²) in [5.74, 6) is 0.0115. The summed E-state index contributed by atoms with van der Waals surface area (Å²) < 4.78 is 0. The molecule has 0 spiro atoms. The Morgan fingerprint density at radius 2 is 2.38 bits per heavy atom. The highest BCUT2D eigenvalue weighted by molar-refractivity contribution is 5.89. The first kappa shape index (κ1) is 12.7. The minimum atomic E-state index is -0.339. The first-order valence-electron chi connectivity index (χ1n) is 5.47. The molecule has 0 aliphatic carbocycles. The Morgan fingerprint density at radius 3 is 3.00 bits per heavy atom. The first-order valence-corrected chi connectivity index (χ1v) is 5.47. The van der Waals surface area contributed by atoms with Gasteiger partial charge >= 0.3 is 0 Å². The summed E-state index contributed by atoms with van der Waals surface area (Å²) >= 11 is 0. The highest BCUT2D eigenvalue weighted by Crippen LogP contribution is 2.17. The van der Waals surface area contributed by atoms with Crippen LogP contribution in [0.4, 0.5) is 0 Å². The maximum absolute atomic E-state index is 11.1. The van der Waals surface area contributed by atoms with Crippen molar-refractivity contribution in [3.05, 3.63) is 0 Å². The molecule has 0 bridgehead atoms. The SMILES string of the molecule is C[C@@H]1CN(C)[C@@H](C)C/C1=N/NC(=O)CC#N. The van der Waals surface area contributed by atoms with Gasteiger partial charge in [0.2, 0.25) is 0 Å². The van der Waals surface area contributed by atoms with Crippen molar-refractivity contribution in [2.75, 3.05) is 13.6 Å². The molecule has 1 heterocycles. The van der Waals surface area contributed by atoms with Crippen LogP contribution in [0.1, 0.15) is 26.7 Å². The van der Waals surface area contributed by atoms with Gasteiger partial charge in [-0.2, -0.15) is 10.4 Å². The second-order valence-corrected chi connectivity index (χ2v) is 4.37. The van der Waals surface area contributed by atoms with Crippen LogP contribution < -0.4 is 5.43 Å². The fraction of sp³-hybridized carbons (Fsp3) is 0.727. The Kier molecular flexibility index (Phi) is 4.44. The zero-order valence-electron chi connectivity index (χ0n) is 10.0. The summed E-state index contributed by atoms with van der Waals surface area (Å²) in [6, 6.07) is 2.24. The smallest absolute Gasteiger partial charge is 0.254 e. The lowest BCUT2D eigenvalue weighted by molar-refractivity contribution is -0.120. The van der Waals surface area contributed by atoms with Crippen molar-refractivity contribution >= 4 is 11.6 Å². The van der Waals surface area contributed by atoms with E-state index in [1.54, 1.807) is 6.07 Å². The van der Waals surface area contributed by atoms with Gasteiger partial charge in [0.25, 0.3) is 5.91 Å². The minimum Gasteiger partial charge on any atom is -0.303 e. The maximum Gasteiger partial charge on any atom is 0.254 e. The summed E-state index contributed by atoms with van der Waals surface area (Å²) in [7, 11) is 2.09. The molecule has 1 rings (SSSR count). The van der Waals surface area contributed by atoms with E-state index in [0.717, 1.165) is 18.7 Å². The molecule has 0 saturated carbocycles. The second-order valence-electron chi connectivity index (χ2n) is 4.37. The number of carbonyl (C=O) groups excluding carboxylic acids is 1. The number of carbonyl (C=O) groups is 1.